The molecule has 0 saturated heterocycles. The third-order valence-electron chi connectivity index (χ3n) is 7.50. The first-order valence-corrected chi connectivity index (χ1v) is 15.3. The summed E-state index contributed by atoms with van der Waals surface area (Å²) in [6.45, 7) is 4.19. The van der Waals surface area contributed by atoms with Gasteiger partial charge >= 0.3 is 5.97 Å². The quantitative estimate of drug-likeness (QED) is 0.0557. The number of carboxylic acids is 1. The molecule has 46 heavy (non-hydrogen) atoms. The topological polar surface area (TPSA) is 261 Å². The molecule has 0 aliphatic rings. The molecule has 14 heteroatoms. The SMILES string of the molecule is Cc1cc(O)cc(C)c1CC(NC(=O)C(N)CCCN=C(N)N)C(=O)NC(CCCCN)C(=O)N[C@@H](Cc1ccccc1)C(=O)O. The van der Waals surface area contributed by atoms with Gasteiger partial charge in [-0.3, -0.25) is 19.4 Å². The number of nitrogens with zero attached hydrogens (tertiary/aromatic N) is 1. The maximum absolute atomic E-state index is 13.8. The van der Waals surface area contributed by atoms with Crippen molar-refractivity contribution >= 4 is 29.7 Å². The molecule has 0 aromatic heterocycles. The lowest BCUT2D eigenvalue weighted by molar-refractivity contribution is -0.142. The number of nitrogens with two attached hydrogens (primary N) is 4. The Morgan fingerprint density at radius 2 is 1.39 bits per heavy atom. The highest BCUT2D eigenvalue weighted by Crippen LogP contribution is 2.22. The number of benzene rings is 2. The number of amides is 3. The lowest BCUT2D eigenvalue weighted by Gasteiger charge is -2.26. The van der Waals surface area contributed by atoms with E-state index < -0.39 is 47.9 Å². The lowest BCUT2D eigenvalue weighted by Crippen LogP contribution is -2.57. The van der Waals surface area contributed by atoms with Crippen molar-refractivity contribution in [3.63, 3.8) is 0 Å². The molecule has 13 N–H and O–H groups in total. The number of guanidine groups is 1. The molecule has 0 aliphatic carbocycles. The minimum absolute atomic E-state index is 0.0408. The highest BCUT2D eigenvalue weighted by molar-refractivity contribution is 5.94. The summed E-state index contributed by atoms with van der Waals surface area (Å²) in [6, 6.07) is 7.51. The van der Waals surface area contributed by atoms with Gasteiger partial charge < -0.3 is 49.1 Å². The monoisotopic (exact) mass is 640 g/mol. The number of phenols is 1. The predicted molar refractivity (Wildman–Crippen MR) is 176 cm³/mol. The highest BCUT2D eigenvalue weighted by atomic mass is 16.4. The Morgan fingerprint density at radius 1 is 0.804 bits per heavy atom. The molecule has 4 atom stereocenters. The van der Waals surface area contributed by atoms with E-state index in [1.807, 2.05) is 0 Å². The molecule has 0 saturated carbocycles. The van der Waals surface area contributed by atoms with Crippen LogP contribution in [0.25, 0.3) is 0 Å². The molecule has 2 aromatic carbocycles. The van der Waals surface area contributed by atoms with Crippen LogP contribution in [0.3, 0.4) is 0 Å². The number of unbranched alkanes of at least 4 members (excludes halogenated alkanes) is 1. The van der Waals surface area contributed by atoms with Crippen LogP contribution in [0.15, 0.2) is 47.5 Å². The summed E-state index contributed by atoms with van der Waals surface area (Å²) in [5.74, 6) is -3.15. The molecule has 0 heterocycles. The third kappa shape index (κ3) is 12.7. The molecule has 0 spiro atoms. The van der Waals surface area contributed by atoms with Gasteiger partial charge in [-0.1, -0.05) is 30.3 Å². The summed E-state index contributed by atoms with van der Waals surface area (Å²) in [5, 5.41) is 27.8. The average Bonchev–Trinajstić information content (AvgIpc) is 2.99. The molecule has 14 nitrogen and oxygen atoms in total. The van der Waals surface area contributed by atoms with Crippen molar-refractivity contribution in [3.05, 3.63) is 64.7 Å². The van der Waals surface area contributed by atoms with Gasteiger partial charge in [-0.05, 0) is 86.9 Å². The van der Waals surface area contributed by atoms with Crippen LogP contribution in [0.5, 0.6) is 5.75 Å². The number of carboxylic acid groups (broad SMARTS) is 1. The number of rotatable bonds is 19. The van der Waals surface area contributed by atoms with Crippen LogP contribution in [-0.2, 0) is 32.0 Å². The number of carbonyl (C=O) groups is 4. The molecule has 2 aromatic rings. The van der Waals surface area contributed by atoms with Gasteiger partial charge in [0.1, 0.15) is 23.9 Å². The maximum atomic E-state index is 13.8. The number of hydrogen-bond donors (Lipinski definition) is 9. The van der Waals surface area contributed by atoms with E-state index in [-0.39, 0.29) is 43.9 Å². The van der Waals surface area contributed by atoms with Crippen LogP contribution >= 0.6 is 0 Å². The molecule has 0 bridgehead atoms. The summed E-state index contributed by atoms with van der Waals surface area (Å²) in [5.41, 5.74) is 25.3. The number of aliphatic imine (C=N–C) groups is 1. The van der Waals surface area contributed by atoms with E-state index in [4.69, 9.17) is 22.9 Å². The van der Waals surface area contributed by atoms with Gasteiger partial charge in [0, 0.05) is 19.4 Å². The number of carbonyl (C=O) groups excluding carboxylic acids is 3. The highest BCUT2D eigenvalue weighted by Gasteiger charge is 2.31. The molecule has 0 fully saturated rings. The molecule has 0 aliphatic heterocycles. The van der Waals surface area contributed by atoms with E-state index >= 15 is 0 Å². The Kier molecular flexibility index (Phi) is 15.5. The summed E-state index contributed by atoms with van der Waals surface area (Å²) in [6.07, 6.45) is 2.01. The van der Waals surface area contributed by atoms with Crippen molar-refractivity contribution in [2.24, 2.45) is 27.9 Å². The van der Waals surface area contributed by atoms with Crippen molar-refractivity contribution in [2.75, 3.05) is 13.1 Å². The standard InChI is InChI=1S/C32H48N8O6/c1-19-15-22(41)16-20(2)23(19)18-26(39-28(42)24(34)11-8-14-37-32(35)36)30(44)38-25(12-6-7-13-33)29(43)40-27(31(45)46)17-21-9-4-3-5-10-21/h3-5,9-10,15-16,24-27,41H,6-8,11-14,17-18,33-34H2,1-2H3,(H,38,44)(H,39,42)(H,40,43)(H,45,46)(H4,35,36,37)/t24?,25?,26?,27-/m0/s1. The smallest absolute Gasteiger partial charge is 0.326 e. The Balaban J connectivity index is 2.30. The van der Waals surface area contributed by atoms with E-state index in [0.29, 0.717) is 36.9 Å². The minimum Gasteiger partial charge on any atom is -0.508 e. The van der Waals surface area contributed by atoms with Gasteiger partial charge in [0.2, 0.25) is 17.7 Å². The normalized spacial score (nSPS) is 13.5. The fourth-order valence-electron chi connectivity index (χ4n) is 4.99. The number of aryl methyl sites for hydroxylation is 2. The van der Waals surface area contributed by atoms with E-state index in [1.165, 1.54) is 0 Å². The van der Waals surface area contributed by atoms with Crippen molar-refractivity contribution < 1.29 is 29.4 Å². The average molecular weight is 641 g/mol. The van der Waals surface area contributed by atoms with Crippen molar-refractivity contribution in [1.29, 1.82) is 0 Å². The largest absolute Gasteiger partial charge is 0.508 e. The summed E-state index contributed by atoms with van der Waals surface area (Å²) >= 11 is 0. The van der Waals surface area contributed by atoms with Crippen molar-refractivity contribution in [2.45, 2.75) is 83.0 Å². The summed E-state index contributed by atoms with van der Waals surface area (Å²) in [4.78, 5) is 56.3. The molecule has 0 radical (unpaired) electrons. The van der Waals surface area contributed by atoms with E-state index in [0.717, 1.165) is 11.1 Å². The number of hydrogen-bond acceptors (Lipinski definition) is 8. The molecular weight excluding hydrogens is 592 g/mol. The number of aliphatic carboxylic acids is 1. The summed E-state index contributed by atoms with van der Waals surface area (Å²) in [7, 11) is 0. The number of aromatic hydroxyl groups is 1. The Morgan fingerprint density at radius 3 is 1.98 bits per heavy atom. The predicted octanol–water partition coefficient (Wildman–Crippen LogP) is -0.157. The van der Waals surface area contributed by atoms with Gasteiger partial charge in [0.25, 0.3) is 0 Å². The van der Waals surface area contributed by atoms with Gasteiger partial charge in [-0.2, -0.15) is 0 Å². The van der Waals surface area contributed by atoms with Crippen LogP contribution in [0.4, 0.5) is 0 Å². The van der Waals surface area contributed by atoms with E-state index in [1.54, 1.807) is 56.3 Å². The molecule has 252 valence electrons. The first-order valence-electron chi connectivity index (χ1n) is 15.3. The number of phenolic OH excluding ortho intramolecular Hbond substituents is 1. The zero-order valence-corrected chi connectivity index (χ0v) is 26.5. The van der Waals surface area contributed by atoms with Crippen molar-refractivity contribution in [3.8, 4) is 5.75 Å². The van der Waals surface area contributed by atoms with Crippen molar-refractivity contribution in [1.82, 2.24) is 16.0 Å². The Labute approximate surface area is 269 Å². The maximum Gasteiger partial charge on any atom is 0.326 e. The van der Waals surface area contributed by atoms with Gasteiger partial charge in [0.05, 0.1) is 6.04 Å². The first-order chi connectivity index (χ1) is 21.8. The van der Waals surface area contributed by atoms with Gasteiger partial charge in [-0.15, -0.1) is 0 Å². The second-order valence-corrected chi connectivity index (χ2v) is 11.3. The first kappa shape index (κ1) is 37.5. The van der Waals surface area contributed by atoms with E-state index in [9.17, 15) is 29.4 Å². The van der Waals surface area contributed by atoms with Gasteiger partial charge in [-0.25, -0.2) is 4.79 Å². The second-order valence-electron chi connectivity index (χ2n) is 11.3. The van der Waals surface area contributed by atoms with E-state index in [2.05, 4.69) is 20.9 Å². The summed E-state index contributed by atoms with van der Waals surface area (Å²) < 4.78 is 0. The Hall–Kier alpha value is -4.69. The third-order valence-corrected chi connectivity index (χ3v) is 7.50. The fraction of sp³-hybridized carbons (Fsp3) is 0.469. The number of nitrogens with one attached hydrogen (secondary N) is 3. The van der Waals surface area contributed by atoms with Crippen LogP contribution in [-0.4, -0.2) is 77.1 Å². The van der Waals surface area contributed by atoms with Gasteiger partial charge in [0.15, 0.2) is 5.96 Å². The lowest BCUT2D eigenvalue weighted by atomic mass is 9.95. The zero-order chi connectivity index (χ0) is 34.2. The second kappa shape index (κ2) is 19.0. The minimum atomic E-state index is -1.24. The van der Waals surface area contributed by atoms with Crippen LogP contribution in [0.2, 0.25) is 0 Å². The Bertz CT molecular complexity index is 1330. The molecule has 2 rings (SSSR count). The zero-order valence-electron chi connectivity index (χ0n) is 26.5. The fourth-order valence-corrected chi connectivity index (χ4v) is 4.99. The molecular formula is C32H48N8O6. The van der Waals surface area contributed by atoms with Crippen LogP contribution in [0, 0.1) is 13.8 Å². The molecule has 3 unspecified atom stereocenters. The molecule has 3 amide bonds. The van der Waals surface area contributed by atoms with Crippen LogP contribution < -0.4 is 38.9 Å². The van der Waals surface area contributed by atoms with Crippen LogP contribution in [0.1, 0.15) is 54.4 Å².